The molecular weight excluding hydrogens is 318 g/mol. The third kappa shape index (κ3) is 4.39. The molecule has 3 rings (SSSR count). The Morgan fingerprint density at radius 1 is 1.32 bits per heavy atom. The monoisotopic (exact) mass is 347 g/mol. The lowest BCUT2D eigenvalue weighted by molar-refractivity contribution is -0.137. The molecule has 0 saturated carbocycles. The minimum Gasteiger partial charge on any atom is -0.478 e. The maximum Gasteiger partial charge on any atom is 0.228 e. The van der Waals surface area contributed by atoms with Crippen molar-refractivity contribution in [1.29, 1.82) is 0 Å². The summed E-state index contributed by atoms with van der Waals surface area (Å²) in [6, 6.07) is 2.28. The summed E-state index contributed by atoms with van der Waals surface area (Å²) in [5, 5.41) is 3.41. The molecule has 0 unspecified atom stereocenters. The van der Waals surface area contributed by atoms with Crippen LogP contribution in [-0.2, 0) is 4.79 Å². The van der Waals surface area contributed by atoms with Crippen LogP contribution in [0.4, 0.5) is 5.95 Å². The van der Waals surface area contributed by atoms with Crippen molar-refractivity contribution in [3.63, 3.8) is 0 Å². The van der Waals surface area contributed by atoms with Gasteiger partial charge in [0.15, 0.2) is 0 Å². The second-order valence-corrected chi connectivity index (χ2v) is 6.97. The first-order valence-corrected chi connectivity index (χ1v) is 9.32. The van der Waals surface area contributed by atoms with Gasteiger partial charge in [-0.05, 0) is 40.2 Å². The molecule has 1 aromatic heterocycles. The van der Waals surface area contributed by atoms with Crippen LogP contribution in [0.3, 0.4) is 0 Å². The fraction of sp³-hybridized carbons (Fsp3) is 0.722. The van der Waals surface area contributed by atoms with Gasteiger partial charge in [0, 0.05) is 49.9 Å². The van der Waals surface area contributed by atoms with Crippen LogP contribution in [0.15, 0.2) is 6.07 Å². The summed E-state index contributed by atoms with van der Waals surface area (Å²) in [5.74, 6) is 1.80. The summed E-state index contributed by atoms with van der Waals surface area (Å²) in [5.41, 5.74) is 0.899. The number of nitrogens with zero attached hydrogens (tertiary/aromatic N) is 4. The van der Waals surface area contributed by atoms with Crippen LogP contribution in [0.5, 0.6) is 5.88 Å². The second kappa shape index (κ2) is 7.99. The number of anilines is 1. The molecule has 138 valence electrons. The molecule has 1 aromatic rings. The summed E-state index contributed by atoms with van der Waals surface area (Å²) in [6.07, 6.45) is 1.89. The number of piperazine rings is 1. The van der Waals surface area contributed by atoms with Gasteiger partial charge >= 0.3 is 0 Å². The first-order valence-electron chi connectivity index (χ1n) is 9.32. The van der Waals surface area contributed by atoms with Crippen LogP contribution < -0.4 is 15.0 Å². The quantitative estimate of drug-likeness (QED) is 0.883. The second-order valence-electron chi connectivity index (χ2n) is 6.97. The average Bonchev–Trinajstić information content (AvgIpc) is 2.61. The fourth-order valence-corrected chi connectivity index (χ4v) is 3.63. The first kappa shape index (κ1) is 17.9. The number of carbonyl (C=O) groups is 1. The highest BCUT2D eigenvalue weighted by Gasteiger charge is 2.30. The molecular formula is C18H29N5O2. The Hall–Kier alpha value is -1.89. The predicted molar refractivity (Wildman–Crippen MR) is 96.9 cm³/mol. The Morgan fingerprint density at radius 2 is 2.08 bits per heavy atom. The Bertz CT molecular complexity index is 601. The first-order chi connectivity index (χ1) is 12.1. The van der Waals surface area contributed by atoms with E-state index in [9.17, 15) is 4.79 Å². The van der Waals surface area contributed by atoms with Gasteiger partial charge in [0.05, 0.1) is 6.61 Å². The zero-order valence-corrected chi connectivity index (χ0v) is 15.5. The number of nitrogens with one attached hydrogen (secondary N) is 1. The molecule has 0 radical (unpaired) electrons. The van der Waals surface area contributed by atoms with Crippen molar-refractivity contribution < 1.29 is 9.53 Å². The number of hydrogen-bond donors (Lipinski definition) is 1. The standard InChI is InChI=1S/C18H29N5O2/c1-4-25-16-12-14(3)20-18(21-16)23-9-7-22(8-10-23)17(24)15-5-6-19-13(2)11-15/h12-13,15,19H,4-11H2,1-3H3/t13-,15-/m0/s1. The Balaban J connectivity index is 1.59. The van der Waals surface area contributed by atoms with Gasteiger partial charge in [-0.2, -0.15) is 4.98 Å². The van der Waals surface area contributed by atoms with E-state index in [0.29, 0.717) is 30.4 Å². The molecule has 0 aromatic carbocycles. The van der Waals surface area contributed by atoms with Crippen molar-refractivity contribution in [3.8, 4) is 5.88 Å². The van der Waals surface area contributed by atoms with E-state index in [0.717, 1.165) is 51.3 Å². The Labute approximate surface area is 149 Å². The maximum absolute atomic E-state index is 12.8. The fourth-order valence-electron chi connectivity index (χ4n) is 3.63. The van der Waals surface area contributed by atoms with E-state index in [1.54, 1.807) is 0 Å². The average molecular weight is 347 g/mol. The molecule has 25 heavy (non-hydrogen) atoms. The molecule has 1 N–H and O–H groups in total. The largest absolute Gasteiger partial charge is 0.478 e. The summed E-state index contributed by atoms with van der Waals surface area (Å²) in [6.45, 7) is 10.6. The number of aromatic nitrogens is 2. The van der Waals surface area contributed by atoms with E-state index in [4.69, 9.17) is 4.74 Å². The summed E-state index contributed by atoms with van der Waals surface area (Å²) >= 11 is 0. The molecule has 2 aliphatic heterocycles. The van der Waals surface area contributed by atoms with Crippen LogP contribution >= 0.6 is 0 Å². The molecule has 3 heterocycles. The molecule has 7 nitrogen and oxygen atoms in total. The van der Waals surface area contributed by atoms with E-state index >= 15 is 0 Å². The molecule has 2 saturated heterocycles. The van der Waals surface area contributed by atoms with Gasteiger partial charge in [0.2, 0.25) is 17.7 Å². The van der Waals surface area contributed by atoms with Gasteiger partial charge in [0.1, 0.15) is 0 Å². The van der Waals surface area contributed by atoms with E-state index < -0.39 is 0 Å². The zero-order chi connectivity index (χ0) is 17.8. The SMILES string of the molecule is CCOc1cc(C)nc(N2CCN(C(=O)[C@H]3CCN[C@@H](C)C3)CC2)n1. The topological polar surface area (TPSA) is 70.6 Å². The lowest BCUT2D eigenvalue weighted by Gasteiger charge is -2.38. The molecule has 2 fully saturated rings. The van der Waals surface area contributed by atoms with Crippen LogP contribution in [0.2, 0.25) is 0 Å². The summed E-state index contributed by atoms with van der Waals surface area (Å²) in [7, 11) is 0. The van der Waals surface area contributed by atoms with Gasteiger partial charge in [0.25, 0.3) is 0 Å². The van der Waals surface area contributed by atoms with E-state index in [1.165, 1.54) is 0 Å². The molecule has 1 amide bonds. The molecule has 2 atom stereocenters. The molecule has 7 heteroatoms. The van der Waals surface area contributed by atoms with Crippen molar-refractivity contribution in [2.24, 2.45) is 5.92 Å². The van der Waals surface area contributed by atoms with Crippen LogP contribution in [0.25, 0.3) is 0 Å². The van der Waals surface area contributed by atoms with Crippen molar-refractivity contribution in [2.75, 3.05) is 44.2 Å². The highest BCUT2D eigenvalue weighted by atomic mass is 16.5. The third-order valence-corrected chi connectivity index (χ3v) is 4.96. The van der Waals surface area contributed by atoms with Crippen molar-refractivity contribution in [2.45, 2.75) is 39.7 Å². The number of hydrogen-bond acceptors (Lipinski definition) is 6. The van der Waals surface area contributed by atoms with Crippen molar-refractivity contribution >= 4 is 11.9 Å². The van der Waals surface area contributed by atoms with Crippen molar-refractivity contribution in [3.05, 3.63) is 11.8 Å². The minimum absolute atomic E-state index is 0.169. The third-order valence-electron chi connectivity index (χ3n) is 4.96. The van der Waals surface area contributed by atoms with Gasteiger partial charge in [-0.25, -0.2) is 4.98 Å². The minimum atomic E-state index is 0.169. The van der Waals surface area contributed by atoms with Crippen LogP contribution in [0, 0.1) is 12.8 Å². The van der Waals surface area contributed by atoms with Gasteiger partial charge in [-0.1, -0.05) is 0 Å². The number of amides is 1. The molecule has 2 aliphatic rings. The molecule has 0 bridgehead atoms. The van der Waals surface area contributed by atoms with E-state index in [-0.39, 0.29) is 5.92 Å². The molecule has 0 aliphatic carbocycles. The summed E-state index contributed by atoms with van der Waals surface area (Å²) in [4.78, 5) is 25.9. The smallest absolute Gasteiger partial charge is 0.228 e. The number of rotatable bonds is 4. The summed E-state index contributed by atoms with van der Waals surface area (Å²) < 4.78 is 5.52. The Kier molecular flexibility index (Phi) is 5.73. The van der Waals surface area contributed by atoms with Crippen molar-refractivity contribution in [1.82, 2.24) is 20.2 Å². The van der Waals surface area contributed by atoms with E-state index in [2.05, 4.69) is 27.1 Å². The number of aryl methyl sites for hydroxylation is 1. The maximum atomic E-state index is 12.8. The van der Waals surface area contributed by atoms with E-state index in [1.807, 2.05) is 24.8 Å². The highest BCUT2D eigenvalue weighted by Crippen LogP contribution is 2.21. The predicted octanol–water partition coefficient (Wildman–Crippen LogP) is 1.22. The lowest BCUT2D eigenvalue weighted by atomic mass is 9.92. The van der Waals surface area contributed by atoms with Gasteiger partial charge in [-0.3, -0.25) is 4.79 Å². The number of ether oxygens (including phenoxy) is 1. The number of piperidine rings is 1. The highest BCUT2D eigenvalue weighted by molar-refractivity contribution is 5.79. The zero-order valence-electron chi connectivity index (χ0n) is 15.5. The molecule has 0 spiro atoms. The number of carbonyl (C=O) groups excluding carboxylic acids is 1. The van der Waals surface area contributed by atoms with Crippen LogP contribution in [-0.4, -0.2) is 66.1 Å². The normalized spacial score (nSPS) is 24.3. The van der Waals surface area contributed by atoms with Gasteiger partial charge in [-0.15, -0.1) is 0 Å². The van der Waals surface area contributed by atoms with Gasteiger partial charge < -0.3 is 19.9 Å². The van der Waals surface area contributed by atoms with Crippen LogP contribution in [0.1, 0.15) is 32.4 Å². The lowest BCUT2D eigenvalue weighted by Crippen LogP contribution is -2.52. The Morgan fingerprint density at radius 3 is 2.76 bits per heavy atom.